The number of hydrogen-bond donors (Lipinski definition) is 0. The third-order valence-electron chi connectivity index (χ3n) is 16.3. The molecule has 6 nitrogen and oxygen atoms in total. The fourth-order valence-electron chi connectivity index (χ4n) is 11.0. The number of esters is 3. The first-order valence-corrected chi connectivity index (χ1v) is 36.1. The molecule has 0 fully saturated rings. The highest BCUT2D eigenvalue weighted by atomic mass is 16.6. The molecule has 6 heteroatoms. The Hall–Kier alpha value is -2.63. The van der Waals surface area contributed by atoms with Crippen molar-refractivity contribution in [2.24, 2.45) is 0 Å². The van der Waals surface area contributed by atoms with Crippen molar-refractivity contribution in [2.75, 3.05) is 13.2 Å². The van der Waals surface area contributed by atoms with Crippen LogP contribution in [0.5, 0.6) is 0 Å². The third-order valence-corrected chi connectivity index (χ3v) is 16.3. The van der Waals surface area contributed by atoms with E-state index in [0.29, 0.717) is 19.3 Å². The van der Waals surface area contributed by atoms with Crippen LogP contribution in [0.2, 0.25) is 0 Å². The van der Waals surface area contributed by atoms with Gasteiger partial charge < -0.3 is 14.2 Å². The first kappa shape index (κ1) is 78.4. The van der Waals surface area contributed by atoms with Crippen molar-refractivity contribution in [1.82, 2.24) is 0 Å². The molecule has 0 rings (SSSR count). The highest BCUT2D eigenvalue weighted by molar-refractivity contribution is 5.71. The van der Waals surface area contributed by atoms with Crippen molar-refractivity contribution in [3.8, 4) is 0 Å². The minimum Gasteiger partial charge on any atom is -0.462 e. The molecule has 1 atom stereocenters. The molecule has 0 aromatic heterocycles. The van der Waals surface area contributed by atoms with Crippen LogP contribution in [0.15, 0.2) is 48.6 Å². The van der Waals surface area contributed by atoms with Gasteiger partial charge in [-0.25, -0.2) is 0 Å². The molecular formula is C75H138O6. The van der Waals surface area contributed by atoms with E-state index in [1.54, 1.807) is 0 Å². The highest BCUT2D eigenvalue weighted by Crippen LogP contribution is 2.19. The molecule has 0 heterocycles. The van der Waals surface area contributed by atoms with Crippen molar-refractivity contribution in [2.45, 2.75) is 399 Å². The van der Waals surface area contributed by atoms with Gasteiger partial charge in [-0.15, -0.1) is 0 Å². The maximum absolute atomic E-state index is 12.9. The van der Waals surface area contributed by atoms with Gasteiger partial charge in [-0.1, -0.05) is 365 Å². The molecular weight excluding hydrogens is 997 g/mol. The van der Waals surface area contributed by atoms with Crippen LogP contribution < -0.4 is 0 Å². The fourth-order valence-corrected chi connectivity index (χ4v) is 11.0. The summed E-state index contributed by atoms with van der Waals surface area (Å²) in [5, 5.41) is 0. The molecule has 0 amide bonds. The Morgan fingerprint density at radius 3 is 0.753 bits per heavy atom. The summed E-state index contributed by atoms with van der Waals surface area (Å²) in [6, 6.07) is 0. The van der Waals surface area contributed by atoms with E-state index in [1.807, 2.05) is 0 Å². The Labute approximate surface area is 505 Å². The summed E-state index contributed by atoms with van der Waals surface area (Å²) in [6.07, 6.45) is 88.8. The lowest BCUT2D eigenvalue weighted by molar-refractivity contribution is -0.167. The van der Waals surface area contributed by atoms with Gasteiger partial charge in [0.15, 0.2) is 6.10 Å². The van der Waals surface area contributed by atoms with E-state index in [0.717, 1.165) is 83.5 Å². The molecule has 1 unspecified atom stereocenters. The molecule has 0 spiro atoms. The summed E-state index contributed by atoms with van der Waals surface area (Å²) in [7, 11) is 0. The average Bonchev–Trinajstić information content (AvgIpc) is 3.47. The van der Waals surface area contributed by atoms with Gasteiger partial charge in [-0.3, -0.25) is 14.4 Å². The van der Waals surface area contributed by atoms with Crippen molar-refractivity contribution in [3.63, 3.8) is 0 Å². The summed E-state index contributed by atoms with van der Waals surface area (Å²) in [5.41, 5.74) is 0. The van der Waals surface area contributed by atoms with E-state index in [1.165, 1.54) is 270 Å². The van der Waals surface area contributed by atoms with E-state index < -0.39 is 6.10 Å². The van der Waals surface area contributed by atoms with Crippen molar-refractivity contribution >= 4 is 17.9 Å². The monoisotopic (exact) mass is 1140 g/mol. The van der Waals surface area contributed by atoms with Crippen LogP contribution in [0.3, 0.4) is 0 Å². The largest absolute Gasteiger partial charge is 0.462 e. The summed E-state index contributed by atoms with van der Waals surface area (Å²) >= 11 is 0. The van der Waals surface area contributed by atoms with Gasteiger partial charge in [0.05, 0.1) is 0 Å². The average molecular weight is 1140 g/mol. The summed E-state index contributed by atoms with van der Waals surface area (Å²) in [6.45, 7) is 6.57. The van der Waals surface area contributed by atoms with Gasteiger partial charge >= 0.3 is 17.9 Å². The number of carbonyl (C=O) groups is 3. The number of hydrogen-bond acceptors (Lipinski definition) is 6. The van der Waals surface area contributed by atoms with E-state index >= 15 is 0 Å². The number of carbonyl (C=O) groups excluding carboxylic acids is 3. The Morgan fingerprint density at radius 2 is 0.481 bits per heavy atom. The van der Waals surface area contributed by atoms with E-state index in [4.69, 9.17) is 14.2 Å². The maximum Gasteiger partial charge on any atom is 0.306 e. The first-order chi connectivity index (χ1) is 40.0. The Bertz CT molecular complexity index is 1400. The van der Waals surface area contributed by atoms with Gasteiger partial charge in [-0.2, -0.15) is 0 Å². The molecule has 0 radical (unpaired) electrons. The predicted octanol–water partition coefficient (Wildman–Crippen LogP) is 24.9. The molecule has 0 aliphatic heterocycles. The van der Waals surface area contributed by atoms with Gasteiger partial charge in [0, 0.05) is 19.3 Å². The third kappa shape index (κ3) is 68.0. The van der Waals surface area contributed by atoms with Crippen molar-refractivity contribution in [3.05, 3.63) is 48.6 Å². The minimum absolute atomic E-state index is 0.0809. The molecule has 0 aliphatic rings. The smallest absolute Gasteiger partial charge is 0.306 e. The second-order valence-corrected chi connectivity index (χ2v) is 24.5. The number of unbranched alkanes of at least 4 members (excludes halogenated alkanes) is 48. The van der Waals surface area contributed by atoms with Crippen LogP contribution in [0.1, 0.15) is 393 Å². The Balaban J connectivity index is 4.22. The normalized spacial score (nSPS) is 12.3. The molecule has 0 aliphatic carbocycles. The maximum atomic E-state index is 12.9. The van der Waals surface area contributed by atoms with E-state index in [-0.39, 0.29) is 31.1 Å². The van der Waals surface area contributed by atoms with Gasteiger partial charge in [0.25, 0.3) is 0 Å². The number of ether oxygens (including phenoxy) is 3. The fraction of sp³-hybridized carbons (Fsp3) is 0.853. The number of allylic oxidation sites excluding steroid dienone is 8. The second kappa shape index (κ2) is 69.9. The lowest BCUT2D eigenvalue weighted by atomic mass is 10.0. The van der Waals surface area contributed by atoms with E-state index in [2.05, 4.69) is 69.4 Å². The first-order valence-electron chi connectivity index (χ1n) is 36.1. The second-order valence-electron chi connectivity index (χ2n) is 24.5. The van der Waals surface area contributed by atoms with Crippen LogP contribution in [0.25, 0.3) is 0 Å². The highest BCUT2D eigenvalue weighted by Gasteiger charge is 2.19. The Kier molecular flexibility index (Phi) is 67.6. The molecule has 0 aromatic rings. The van der Waals surface area contributed by atoms with Crippen LogP contribution in [-0.4, -0.2) is 37.2 Å². The van der Waals surface area contributed by atoms with Crippen molar-refractivity contribution < 1.29 is 28.6 Å². The van der Waals surface area contributed by atoms with Crippen molar-refractivity contribution in [1.29, 1.82) is 0 Å². The quantitative estimate of drug-likeness (QED) is 0.0261. The minimum atomic E-state index is -0.788. The zero-order valence-corrected chi connectivity index (χ0v) is 54.6. The predicted molar refractivity (Wildman–Crippen MR) is 353 cm³/mol. The SMILES string of the molecule is CC/C=C\C/C=C\C/C=C\C/C=C\CCCCC(=O)OCC(COC(=O)CCCCCCCCCCCCCCCCCCCCCCCCCCCCCCC)OC(=O)CCCCCCCCCCCCCCCCCCCCC. The lowest BCUT2D eigenvalue weighted by Gasteiger charge is -2.18. The molecule has 474 valence electrons. The summed E-state index contributed by atoms with van der Waals surface area (Å²) in [4.78, 5) is 38.4. The van der Waals surface area contributed by atoms with Gasteiger partial charge in [0.2, 0.25) is 0 Å². The Morgan fingerprint density at radius 1 is 0.259 bits per heavy atom. The van der Waals surface area contributed by atoms with Crippen LogP contribution in [0, 0.1) is 0 Å². The van der Waals surface area contributed by atoms with Crippen LogP contribution >= 0.6 is 0 Å². The molecule has 0 N–H and O–H groups in total. The zero-order chi connectivity index (χ0) is 58.5. The lowest BCUT2D eigenvalue weighted by Crippen LogP contribution is -2.30. The zero-order valence-electron chi connectivity index (χ0n) is 54.6. The van der Waals surface area contributed by atoms with Gasteiger partial charge in [-0.05, 0) is 57.8 Å². The van der Waals surface area contributed by atoms with Crippen LogP contribution in [-0.2, 0) is 28.6 Å². The molecule has 0 aromatic carbocycles. The van der Waals surface area contributed by atoms with Gasteiger partial charge in [0.1, 0.15) is 13.2 Å². The summed E-state index contributed by atoms with van der Waals surface area (Å²) in [5.74, 6) is -0.896. The molecule has 0 saturated carbocycles. The number of rotatable bonds is 67. The molecule has 0 bridgehead atoms. The molecule has 0 saturated heterocycles. The summed E-state index contributed by atoms with van der Waals surface area (Å²) < 4.78 is 17.0. The molecule has 81 heavy (non-hydrogen) atoms. The van der Waals surface area contributed by atoms with Crippen LogP contribution in [0.4, 0.5) is 0 Å². The topological polar surface area (TPSA) is 78.9 Å². The van der Waals surface area contributed by atoms with E-state index in [9.17, 15) is 14.4 Å². The standard InChI is InChI=1S/C75H138O6/c1-4-7-10-13-16-19-22-25-28-30-32-33-34-35-36-37-38-39-40-41-43-44-47-50-53-56-59-62-65-68-74(77)80-71-72(70-79-73(76)67-64-61-58-55-52-49-46-27-24-21-18-15-12-9-6-3)81-75(78)69-66-63-60-57-54-51-48-45-42-31-29-26-23-20-17-14-11-8-5-2/h9,12,18,21,27,46,52,55,72H,4-8,10-11,13-17,19-20,22-26,28-45,47-51,53-54,56-71H2,1-3H3/b12-9-,21-18-,46-27-,55-52-.